The molecule has 0 saturated heterocycles. The van der Waals surface area contributed by atoms with E-state index in [2.05, 4.69) is 21.0 Å². The van der Waals surface area contributed by atoms with Crippen LogP contribution in [-0.4, -0.2) is 31.6 Å². The Bertz CT molecular complexity index is 1110. The lowest BCUT2D eigenvalue weighted by molar-refractivity contribution is 0.412. The zero-order valence-corrected chi connectivity index (χ0v) is 16.4. The molecular weight excluding hydrogens is 418 g/mol. The smallest absolute Gasteiger partial charge is 0.175 e. The van der Waals surface area contributed by atoms with Gasteiger partial charge in [0.1, 0.15) is 11.8 Å². The van der Waals surface area contributed by atoms with Gasteiger partial charge in [-0.15, -0.1) is 0 Å². The molecule has 0 aliphatic heterocycles. The van der Waals surface area contributed by atoms with Gasteiger partial charge in [0.2, 0.25) is 0 Å². The Morgan fingerprint density at radius 3 is 2.38 bits per heavy atom. The summed E-state index contributed by atoms with van der Waals surface area (Å²) in [5.41, 5.74) is 2.43. The maximum absolute atomic E-state index is 11.6. The van der Waals surface area contributed by atoms with Crippen molar-refractivity contribution >= 4 is 25.8 Å². The molecule has 26 heavy (non-hydrogen) atoms. The monoisotopic (exact) mass is 431 g/mol. The lowest BCUT2D eigenvalue weighted by Gasteiger charge is -2.10. The molecule has 0 bridgehead atoms. The fourth-order valence-corrected chi connectivity index (χ4v) is 3.66. The summed E-state index contributed by atoms with van der Waals surface area (Å²) in [6, 6.07) is 15.6. The molecule has 0 radical (unpaired) electrons. The van der Waals surface area contributed by atoms with Crippen molar-refractivity contribution in [2.24, 2.45) is 0 Å². The summed E-state index contributed by atoms with van der Waals surface area (Å²) >= 11 is 3.44. The fourth-order valence-electron chi connectivity index (χ4n) is 2.50. The normalized spacial score (nSPS) is 11.2. The summed E-state index contributed by atoms with van der Waals surface area (Å²) in [6.45, 7) is 0. The van der Waals surface area contributed by atoms with Gasteiger partial charge < -0.3 is 4.74 Å². The van der Waals surface area contributed by atoms with Crippen LogP contribution in [0.25, 0.3) is 16.9 Å². The van der Waals surface area contributed by atoms with E-state index in [-0.39, 0.29) is 10.6 Å². The van der Waals surface area contributed by atoms with Crippen molar-refractivity contribution in [2.45, 2.75) is 4.90 Å². The Morgan fingerprint density at radius 2 is 1.85 bits per heavy atom. The van der Waals surface area contributed by atoms with Gasteiger partial charge in [-0.1, -0.05) is 12.1 Å². The highest BCUT2D eigenvalue weighted by molar-refractivity contribution is 9.10. The number of aromatic nitrogens is 2. The van der Waals surface area contributed by atoms with E-state index in [0.29, 0.717) is 11.4 Å². The van der Waals surface area contributed by atoms with Crippen molar-refractivity contribution in [3.63, 3.8) is 0 Å². The Kier molecular flexibility index (Phi) is 4.85. The molecule has 0 aliphatic rings. The van der Waals surface area contributed by atoms with Crippen LogP contribution in [0.3, 0.4) is 0 Å². The third-order valence-corrected chi connectivity index (χ3v) is 5.53. The van der Waals surface area contributed by atoms with E-state index in [9.17, 15) is 13.7 Å². The first-order valence-corrected chi connectivity index (χ1v) is 10.2. The molecule has 0 N–H and O–H groups in total. The molecule has 0 unspecified atom stereocenters. The van der Waals surface area contributed by atoms with E-state index in [0.717, 1.165) is 22.0 Å². The molecule has 3 rings (SSSR count). The Balaban J connectivity index is 2.13. The van der Waals surface area contributed by atoms with Crippen molar-refractivity contribution in [1.82, 2.24) is 9.78 Å². The minimum Gasteiger partial charge on any atom is -0.496 e. The lowest BCUT2D eigenvalue weighted by atomic mass is 10.1. The molecule has 6 nitrogen and oxygen atoms in total. The molecule has 0 aliphatic carbocycles. The molecule has 0 amide bonds. The molecule has 1 aromatic heterocycles. The average molecular weight is 432 g/mol. The highest BCUT2D eigenvalue weighted by Gasteiger charge is 2.14. The minimum atomic E-state index is -3.27. The second-order valence-electron chi connectivity index (χ2n) is 5.55. The van der Waals surface area contributed by atoms with E-state index < -0.39 is 9.84 Å². The maximum Gasteiger partial charge on any atom is 0.175 e. The van der Waals surface area contributed by atoms with Crippen LogP contribution in [0.15, 0.2) is 57.9 Å². The van der Waals surface area contributed by atoms with Gasteiger partial charge in [0.15, 0.2) is 15.5 Å². The topological polar surface area (TPSA) is 85.0 Å². The van der Waals surface area contributed by atoms with E-state index in [1.54, 1.807) is 36.1 Å². The van der Waals surface area contributed by atoms with Crippen LogP contribution in [0.1, 0.15) is 5.69 Å². The number of hydrogen-bond acceptors (Lipinski definition) is 5. The van der Waals surface area contributed by atoms with Crippen molar-refractivity contribution in [1.29, 1.82) is 5.26 Å². The van der Waals surface area contributed by atoms with Gasteiger partial charge in [0.05, 0.1) is 27.9 Å². The van der Waals surface area contributed by atoms with Crippen LogP contribution < -0.4 is 4.74 Å². The van der Waals surface area contributed by atoms with Crippen LogP contribution in [0.4, 0.5) is 0 Å². The predicted octanol–water partition coefficient (Wildman–Crippen LogP) is 3.59. The number of nitriles is 1. The van der Waals surface area contributed by atoms with Gasteiger partial charge in [-0.25, -0.2) is 13.1 Å². The number of methoxy groups -OCH3 is 1. The zero-order chi connectivity index (χ0) is 18.9. The van der Waals surface area contributed by atoms with E-state index in [1.165, 1.54) is 12.1 Å². The predicted molar refractivity (Wildman–Crippen MR) is 101 cm³/mol. The van der Waals surface area contributed by atoms with E-state index in [4.69, 9.17) is 4.74 Å². The second kappa shape index (κ2) is 6.94. The Labute approximate surface area is 159 Å². The maximum atomic E-state index is 11.6. The van der Waals surface area contributed by atoms with Gasteiger partial charge in [0.25, 0.3) is 0 Å². The molecule has 0 atom stereocenters. The number of sulfone groups is 1. The summed E-state index contributed by atoms with van der Waals surface area (Å²) in [5, 5.41) is 13.5. The number of benzene rings is 2. The zero-order valence-electron chi connectivity index (χ0n) is 14.0. The third kappa shape index (κ3) is 3.49. The van der Waals surface area contributed by atoms with Gasteiger partial charge in [-0.05, 0) is 46.3 Å². The molecule has 8 heteroatoms. The fraction of sp³-hybridized carbons (Fsp3) is 0.111. The number of nitrogens with zero attached hydrogens (tertiary/aromatic N) is 3. The quantitative estimate of drug-likeness (QED) is 0.629. The van der Waals surface area contributed by atoms with Crippen molar-refractivity contribution in [3.8, 4) is 28.8 Å². The van der Waals surface area contributed by atoms with E-state index in [1.807, 2.05) is 18.2 Å². The molecule has 0 spiro atoms. The van der Waals surface area contributed by atoms with Crippen LogP contribution in [0, 0.1) is 11.3 Å². The molecule has 0 saturated carbocycles. The van der Waals surface area contributed by atoms with Crippen molar-refractivity contribution in [3.05, 3.63) is 58.7 Å². The summed E-state index contributed by atoms with van der Waals surface area (Å²) in [4.78, 5) is 0.236. The summed E-state index contributed by atoms with van der Waals surface area (Å²) in [6.07, 6.45) is 1.16. The second-order valence-corrected chi connectivity index (χ2v) is 8.42. The summed E-state index contributed by atoms with van der Waals surface area (Å²) in [5.74, 6) is 0.681. The number of hydrogen-bond donors (Lipinski definition) is 0. The van der Waals surface area contributed by atoms with Crippen molar-refractivity contribution in [2.75, 3.05) is 13.4 Å². The molecule has 3 aromatic rings. The molecular formula is C18H14BrN3O3S. The largest absolute Gasteiger partial charge is 0.496 e. The number of ether oxygens (including phenoxy) is 1. The number of halogens is 1. The molecule has 2 aromatic carbocycles. The number of rotatable bonds is 4. The Hall–Kier alpha value is -2.63. The minimum absolute atomic E-state index is 0.236. The van der Waals surface area contributed by atoms with Gasteiger partial charge in [-0.3, -0.25) is 0 Å². The van der Waals surface area contributed by atoms with Gasteiger partial charge in [-0.2, -0.15) is 10.4 Å². The Morgan fingerprint density at radius 1 is 1.15 bits per heavy atom. The first-order valence-electron chi connectivity index (χ1n) is 7.48. The SMILES string of the molecule is COc1ccc(-n2nc(C#N)cc2-c2ccc(S(C)(=O)=O)cc2)cc1Br. The van der Waals surface area contributed by atoms with Crippen molar-refractivity contribution < 1.29 is 13.2 Å². The summed E-state index contributed by atoms with van der Waals surface area (Å²) < 4.78 is 30.9. The summed E-state index contributed by atoms with van der Waals surface area (Å²) in [7, 11) is -1.69. The average Bonchev–Trinajstić information content (AvgIpc) is 3.05. The van der Waals surface area contributed by atoms with Gasteiger partial charge in [0, 0.05) is 17.9 Å². The van der Waals surface area contributed by atoms with Crippen LogP contribution in [0.5, 0.6) is 5.75 Å². The first kappa shape index (κ1) is 18.2. The standard InChI is InChI=1S/C18H14BrN3O3S/c1-25-18-8-5-14(10-16(18)19)22-17(9-13(11-20)21-22)12-3-6-15(7-4-12)26(2,23)24/h3-10H,1-2H3. The third-order valence-electron chi connectivity index (χ3n) is 3.78. The highest BCUT2D eigenvalue weighted by Crippen LogP contribution is 2.30. The molecule has 0 fully saturated rings. The van der Waals surface area contributed by atoms with Crippen LogP contribution >= 0.6 is 15.9 Å². The first-order chi connectivity index (χ1) is 12.3. The van der Waals surface area contributed by atoms with Gasteiger partial charge >= 0.3 is 0 Å². The lowest BCUT2D eigenvalue weighted by Crippen LogP contribution is -2.01. The molecule has 132 valence electrons. The highest BCUT2D eigenvalue weighted by atomic mass is 79.9. The van der Waals surface area contributed by atoms with Crippen LogP contribution in [-0.2, 0) is 9.84 Å². The molecule has 1 heterocycles. The van der Waals surface area contributed by atoms with E-state index >= 15 is 0 Å². The van der Waals surface area contributed by atoms with Crippen LogP contribution in [0.2, 0.25) is 0 Å².